The van der Waals surface area contributed by atoms with Gasteiger partial charge in [0.15, 0.2) is 6.04 Å². The van der Waals surface area contributed by atoms with Gasteiger partial charge < -0.3 is 4.74 Å². The zero-order chi connectivity index (χ0) is 22.9. The summed E-state index contributed by atoms with van der Waals surface area (Å²) < 4.78 is 73.2. The molecule has 2 aromatic carbocycles. The summed E-state index contributed by atoms with van der Waals surface area (Å²) in [6.45, 7) is 7.19. The van der Waals surface area contributed by atoms with E-state index in [-0.39, 0.29) is 10.6 Å². The molecule has 9 heteroatoms. The number of ether oxygens (including phenoxy) is 1. The monoisotopic (exact) mass is 440 g/mol. The third-order valence-electron chi connectivity index (χ3n) is 4.60. The number of halogens is 3. The summed E-state index contributed by atoms with van der Waals surface area (Å²) in [6, 6.07) is 5.66. The van der Waals surface area contributed by atoms with Crippen LogP contribution in [0.15, 0.2) is 29.2 Å². The first-order valence-electron chi connectivity index (χ1n) is 9.07. The van der Waals surface area contributed by atoms with E-state index < -0.39 is 28.8 Å². The van der Waals surface area contributed by atoms with Crippen LogP contribution in [-0.4, -0.2) is 27.2 Å². The van der Waals surface area contributed by atoms with Crippen molar-refractivity contribution in [1.29, 1.82) is 5.26 Å². The second-order valence-corrected chi connectivity index (χ2v) is 8.95. The van der Waals surface area contributed by atoms with Gasteiger partial charge in [0.25, 0.3) is 0 Å². The van der Waals surface area contributed by atoms with E-state index in [1.807, 2.05) is 6.07 Å². The Balaban J connectivity index is 2.31. The van der Waals surface area contributed by atoms with Crippen LogP contribution in [0.3, 0.4) is 0 Å². The maximum Gasteiger partial charge on any atom is 0.408 e. The van der Waals surface area contributed by atoms with Crippen LogP contribution in [0.25, 0.3) is 0 Å². The van der Waals surface area contributed by atoms with Crippen molar-refractivity contribution in [1.82, 2.24) is 4.72 Å². The molecule has 30 heavy (non-hydrogen) atoms. The van der Waals surface area contributed by atoms with Crippen molar-refractivity contribution in [2.24, 2.45) is 0 Å². The molecule has 0 radical (unpaired) electrons. The van der Waals surface area contributed by atoms with Gasteiger partial charge in [0.05, 0.1) is 16.5 Å². The summed E-state index contributed by atoms with van der Waals surface area (Å²) in [5.41, 5.74) is 3.07. The Labute approximate surface area is 174 Å². The minimum atomic E-state index is -4.86. The lowest BCUT2D eigenvalue weighted by atomic mass is 10.0. The van der Waals surface area contributed by atoms with Crippen molar-refractivity contribution < 1.29 is 26.3 Å². The van der Waals surface area contributed by atoms with Crippen molar-refractivity contribution in [2.45, 2.75) is 51.7 Å². The Bertz CT molecular complexity index is 1060. The largest absolute Gasteiger partial charge is 0.492 e. The molecule has 0 aliphatic heterocycles. The fraction of sp³-hybridized carbons (Fsp3) is 0.381. The SMILES string of the molecule is Cc1cc(C)c(S(=O)(=O)NC(COc2cc(C)c(C#N)c(C)c2)C(F)(F)F)c(C)c1. The van der Waals surface area contributed by atoms with Crippen LogP contribution in [0.2, 0.25) is 0 Å². The third-order valence-corrected chi connectivity index (χ3v) is 6.38. The number of nitrogens with one attached hydrogen (secondary N) is 1. The number of hydrogen-bond acceptors (Lipinski definition) is 4. The number of benzene rings is 2. The molecule has 162 valence electrons. The van der Waals surface area contributed by atoms with Crippen molar-refractivity contribution >= 4 is 10.0 Å². The molecular weight excluding hydrogens is 417 g/mol. The number of nitriles is 1. The van der Waals surface area contributed by atoms with Gasteiger partial charge in [-0.05, 0) is 69.0 Å². The highest BCUT2D eigenvalue weighted by molar-refractivity contribution is 7.89. The van der Waals surface area contributed by atoms with Gasteiger partial charge in [-0.15, -0.1) is 0 Å². The zero-order valence-electron chi connectivity index (χ0n) is 17.3. The molecule has 0 saturated heterocycles. The van der Waals surface area contributed by atoms with Gasteiger partial charge in [-0.25, -0.2) is 8.42 Å². The lowest BCUT2D eigenvalue weighted by Crippen LogP contribution is -2.49. The molecule has 0 amide bonds. The zero-order valence-corrected chi connectivity index (χ0v) is 18.1. The van der Waals surface area contributed by atoms with Crippen molar-refractivity contribution in [2.75, 3.05) is 6.61 Å². The van der Waals surface area contributed by atoms with Crippen LogP contribution < -0.4 is 9.46 Å². The smallest absolute Gasteiger partial charge is 0.408 e. The number of aryl methyl sites for hydroxylation is 5. The van der Waals surface area contributed by atoms with Crippen molar-refractivity contribution in [3.63, 3.8) is 0 Å². The van der Waals surface area contributed by atoms with E-state index in [0.717, 1.165) is 5.56 Å². The molecule has 0 heterocycles. The number of nitrogens with zero attached hydrogens (tertiary/aromatic N) is 1. The lowest BCUT2D eigenvalue weighted by Gasteiger charge is -2.23. The molecule has 2 aromatic rings. The Hall–Kier alpha value is -2.57. The quantitative estimate of drug-likeness (QED) is 0.723. The topological polar surface area (TPSA) is 79.2 Å². The van der Waals surface area contributed by atoms with E-state index in [0.29, 0.717) is 27.8 Å². The number of hydrogen-bond donors (Lipinski definition) is 1. The van der Waals surface area contributed by atoms with Crippen molar-refractivity contribution in [3.05, 3.63) is 57.6 Å². The van der Waals surface area contributed by atoms with E-state index in [9.17, 15) is 21.6 Å². The number of rotatable bonds is 6. The summed E-state index contributed by atoms with van der Waals surface area (Å²) in [5.74, 6) is 0.125. The maximum atomic E-state index is 13.6. The molecule has 5 nitrogen and oxygen atoms in total. The molecule has 0 fully saturated rings. The van der Waals surface area contributed by atoms with Gasteiger partial charge >= 0.3 is 6.18 Å². The van der Waals surface area contributed by atoms with Crippen LogP contribution in [0, 0.1) is 45.9 Å². The molecule has 1 unspecified atom stereocenters. The minimum absolute atomic E-state index is 0.125. The highest BCUT2D eigenvalue weighted by Crippen LogP contribution is 2.27. The molecule has 2 rings (SSSR count). The lowest BCUT2D eigenvalue weighted by molar-refractivity contribution is -0.157. The molecule has 0 aliphatic rings. The highest BCUT2D eigenvalue weighted by atomic mass is 32.2. The summed E-state index contributed by atoms with van der Waals surface area (Å²) >= 11 is 0. The Morgan fingerprint density at radius 3 is 1.93 bits per heavy atom. The molecule has 0 spiro atoms. The van der Waals surface area contributed by atoms with E-state index in [1.165, 1.54) is 26.0 Å². The Kier molecular flexibility index (Phi) is 6.84. The molecule has 1 atom stereocenters. The van der Waals surface area contributed by atoms with Gasteiger partial charge in [0.1, 0.15) is 12.4 Å². The summed E-state index contributed by atoms with van der Waals surface area (Å²) in [6.07, 6.45) is -4.86. The van der Waals surface area contributed by atoms with Crippen LogP contribution in [0.1, 0.15) is 33.4 Å². The maximum absolute atomic E-state index is 13.6. The van der Waals surface area contributed by atoms with Gasteiger partial charge in [-0.1, -0.05) is 17.7 Å². The van der Waals surface area contributed by atoms with Gasteiger partial charge in [-0.3, -0.25) is 0 Å². The molecule has 0 aliphatic carbocycles. The van der Waals surface area contributed by atoms with Crippen LogP contribution in [0.5, 0.6) is 5.75 Å². The van der Waals surface area contributed by atoms with Crippen LogP contribution in [-0.2, 0) is 10.0 Å². The van der Waals surface area contributed by atoms with E-state index in [4.69, 9.17) is 10.00 Å². The van der Waals surface area contributed by atoms with E-state index in [1.54, 1.807) is 37.6 Å². The number of alkyl halides is 3. The standard InChI is InChI=1S/C21H23F3N2O3S/c1-12-6-15(4)20(16(5)7-12)30(27,28)26-19(21(22,23)24)11-29-17-8-13(2)18(10-25)14(3)9-17/h6-9,19,26H,11H2,1-5H3. The fourth-order valence-corrected chi connectivity index (χ4v) is 5.05. The molecule has 0 bridgehead atoms. The Morgan fingerprint density at radius 2 is 1.50 bits per heavy atom. The van der Waals surface area contributed by atoms with Gasteiger partial charge in [0.2, 0.25) is 10.0 Å². The third kappa shape index (κ3) is 5.32. The molecule has 0 saturated carbocycles. The fourth-order valence-electron chi connectivity index (χ4n) is 3.40. The predicted octanol–water partition coefficient (Wildman–Crippen LogP) is 4.39. The summed E-state index contributed by atoms with van der Waals surface area (Å²) in [4.78, 5) is -0.174. The average Bonchev–Trinajstić information content (AvgIpc) is 2.56. The predicted molar refractivity (Wildman–Crippen MR) is 107 cm³/mol. The van der Waals surface area contributed by atoms with E-state index in [2.05, 4.69) is 0 Å². The highest BCUT2D eigenvalue weighted by Gasteiger charge is 2.43. The normalized spacial score (nSPS) is 13.0. The number of sulfonamides is 1. The Morgan fingerprint density at radius 1 is 1.00 bits per heavy atom. The van der Waals surface area contributed by atoms with Crippen LogP contribution in [0.4, 0.5) is 13.2 Å². The second-order valence-electron chi connectivity index (χ2n) is 7.30. The minimum Gasteiger partial charge on any atom is -0.492 e. The summed E-state index contributed by atoms with van der Waals surface area (Å²) in [5, 5.41) is 9.10. The molecule has 1 N–H and O–H groups in total. The first-order chi connectivity index (χ1) is 13.8. The van der Waals surface area contributed by atoms with Crippen molar-refractivity contribution in [3.8, 4) is 11.8 Å². The first kappa shape index (κ1) is 23.7. The average molecular weight is 440 g/mol. The second kappa shape index (κ2) is 8.66. The van der Waals surface area contributed by atoms with E-state index >= 15 is 0 Å². The molecule has 0 aromatic heterocycles. The summed E-state index contributed by atoms with van der Waals surface area (Å²) in [7, 11) is -4.45. The van der Waals surface area contributed by atoms with Crippen LogP contribution >= 0.6 is 0 Å². The first-order valence-corrected chi connectivity index (χ1v) is 10.6. The molecular formula is C21H23F3N2O3S. The van der Waals surface area contributed by atoms with Gasteiger partial charge in [0, 0.05) is 0 Å². The van der Waals surface area contributed by atoms with Gasteiger partial charge in [-0.2, -0.15) is 23.2 Å².